The third kappa shape index (κ3) is 3.88. The first-order chi connectivity index (χ1) is 11.9. The molecular formula is C18H27N3O3S. The van der Waals surface area contributed by atoms with E-state index in [0.29, 0.717) is 31.1 Å². The summed E-state index contributed by atoms with van der Waals surface area (Å²) in [5.41, 5.74) is 1.04. The maximum absolute atomic E-state index is 12.8. The van der Waals surface area contributed by atoms with Gasteiger partial charge in [0.1, 0.15) is 0 Å². The van der Waals surface area contributed by atoms with Crippen molar-refractivity contribution in [2.75, 3.05) is 39.3 Å². The first-order valence-electron chi connectivity index (χ1n) is 8.99. The first kappa shape index (κ1) is 18.4. The summed E-state index contributed by atoms with van der Waals surface area (Å²) in [5.74, 6) is 0.173. The van der Waals surface area contributed by atoms with Crippen LogP contribution in [0.15, 0.2) is 29.2 Å². The molecule has 6 nitrogen and oxygen atoms in total. The first-order valence-corrected chi connectivity index (χ1v) is 10.4. The van der Waals surface area contributed by atoms with Gasteiger partial charge in [-0.15, -0.1) is 0 Å². The van der Waals surface area contributed by atoms with Crippen LogP contribution >= 0.6 is 0 Å². The number of nitrogens with zero attached hydrogens (tertiary/aromatic N) is 3. The van der Waals surface area contributed by atoms with Gasteiger partial charge in [-0.2, -0.15) is 4.31 Å². The Bertz CT molecular complexity index is 704. The monoisotopic (exact) mass is 365 g/mol. The van der Waals surface area contributed by atoms with Gasteiger partial charge in [0.05, 0.1) is 10.9 Å². The highest BCUT2D eigenvalue weighted by molar-refractivity contribution is 7.89. The molecule has 0 bridgehead atoms. The third-order valence-electron chi connectivity index (χ3n) is 5.25. The van der Waals surface area contributed by atoms with Crippen molar-refractivity contribution in [1.82, 2.24) is 14.1 Å². The number of likely N-dealkylation sites (tertiary alicyclic amines) is 1. The number of sulfonamides is 1. The molecule has 2 saturated heterocycles. The maximum Gasteiger partial charge on any atom is 0.243 e. The van der Waals surface area contributed by atoms with Gasteiger partial charge in [0.25, 0.3) is 0 Å². The summed E-state index contributed by atoms with van der Waals surface area (Å²) in [6, 6.07) is 6.79. The van der Waals surface area contributed by atoms with E-state index < -0.39 is 10.0 Å². The van der Waals surface area contributed by atoms with E-state index in [2.05, 4.69) is 4.90 Å². The van der Waals surface area contributed by atoms with Gasteiger partial charge in [0.2, 0.25) is 15.9 Å². The number of hydrogen-bond acceptors (Lipinski definition) is 4. The van der Waals surface area contributed by atoms with Crippen LogP contribution in [0.3, 0.4) is 0 Å². The van der Waals surface area contributed by atoms with Gasteiger partial charge < -0.3 is 4.90 Å². The molecule has 0 saturated carbocycles. The molecular weight excluding hydrogens is 338 g/mol. The van der Waals surface area contributed by atoms with Gasteiger partial charge in [-0.05, 0) is 38.8 Å². The number of amides is 1. The van der Waals surface area contributed by atoms with Gasteiger partial charge in [-0.1, -0.05) is 17.7 Å². The molecule has 1 aromatic rings. The average Bonchev–Trinajstić information content (AvgIpc) is 3.15. The SMILES string of the molecule is Cc1ccc(S(=O)(=O)N2CCN([C@@H](C)C(=O)N3CCCC3)CC2)cc1. The van der Waals surface area contributed by atoms with Gasteiger partial charge in [0, 0.05) is 39.3 Å². The van der Waals surface area contributed by atoms with Crippen LogP contribution in [0.1, 0.15) is 25.3 Å². The van der Waals surface area contributed by atoms with Crippen LogP contribution in [0, 0.1) is 6.92 Å². The zero-order valence-electron chi connectivity index (χ0n) is 15.0. The van der Waals surface area contributed by atoms with E-state index in [1.54, 1.807) is 12.1 Å². The summed E-state index contributed by atoms with van der Waals surface area (Å²) in [5, 5.41) is 0. The van der Waals surface area contributed by atoms with Crippen molar-refractivity contribution >= 4 is 15.9 Å². The Kier molecular flexibility index (Phi) is 5.46. The van der Waals surface area contributed by atoms with Crippen LogP contribution in [0.25, 0.3) is 0 Å². The predicted octanol–water partition coefficient (Wildman–Crippen LogP) is 1.31. The predicted molar refractivity (Wildman–Crippen MR) is 96.8 cm³/mol. The van der Waals surface area contributed by atoms with Crippen LogP contribution in [-0.4, -0.2) is 73.7 Å². The zero-order chi connectivity index (χ0) is 18.0. The number of carbonyl (C=O) groups is 1. The second kappa shape index (κ2) is 7.43. The van der Waals surface area contributed by atoms with E-state index in [1.807, 2.05) is 30.9 Å². The quantitative estimate of drug-likeness (QED) is 0.807. The molecule has 3 rings (SSSR count). The minimum atomic E-state index is -3.45. The molecule has 0 radical (unpaired) electrons. The lowest BCUT2D eigenvalue weighted by molar-refractivity contribution is -0.135. The van der Waals surface area contributed by atoms with Crippen molar-refractivity contribution in [3.8, 4) is 0 Å². The van der Waals surface area contributed by atoms with Crippen LogP contribution in [0.4, 0.5) is 0 Å². The lowest BCUT2D eigenvalue weighted by atomic mass is 10.2. The van der Waals surface area contributed by atoms with Gasteiger partial charge >= 0.3 is 0 Å². The molecule has 7 heteroatoms. The highest BCUT2D eigenvalue weighted by Gasteiger charge is 2.33. The van der Waals surface area contributed by atoms with E-state index in [1.165, 1.54) is 4.31 Å². The standard InChI is InChI=1S/C18H27N3O3S/c1-15-5-7-17(8-6-15)25(23,24)21-13-11-19(12-14-21)16(2)18(22)20-9-3-4-10-20/h5-8,16H,3-4,9-14H2,1-2H3/t16-/m0/s1. The average molecular weight is 365 g/mol. The fraction of sp³-hybridized carbons (Fsp3) is 0.611. The summed E-state index contributed by atoms with van der Waals surface area (Å²) >= 11 is 0. The molecule has 0 N–H and O–H groups in total. The molecule has 1 aromatic carbocycles. The van der Waals surface area contributed by atoms with E-state index in [4.69, 9.17) is 0 Å². The van der Waals surface area contributed by atoms with Gasteiger partial charge in [0.15, 0.2) is 0 Å². The summed E-state index contributed by atoms with van der Waals surface area (Å²) in [6.07, 6.45) is 2.17. The molecule has 2 aliphatic rings. The Morgan fingerprint density at radius 3 is 2.08 bits per heavy atom. The molecule has 25 heavy (non-hydrogen) atoms. The molecule has 2 aliphatic heterocycles. The summed E-state index contributed by atoms with van der Waals surface area (Å²) in [7, 11) is -3.45. The normalized spacial score (nSPS) is 21.4. The second-order valence-electron chi connectivity index (χ2n) is 6.96. The molecule has 0 unspecified atom stereocenters. The lowest BCUT2D eigenvalue weighted by Gasteiger charge is -2.37. The highest BCUT2D eigenvalue weighted by Crippen LogP contribution is 2.20. The fourth-order valence-electron chi connectivity index (χ4n) is 3.55. The van der Waals surface area contributed by atoms with E-state index >= 15 is 0 Å². The summed E-state index contributed by atoms with van der Waals surface area (Å²) in [4.78, 5) is 16.9. The minimum Gasteiger partial charge on any atom is -0.341 e. The number of carbonyl (C=O) groups excluding carboxylic acids is 1. The van der Waals surface area contributed by atoms with Crippen LogP contribution in [-0.2, 0) is 14.8 Å². The molecule has 0 aliphatic carbocycles. The third-order valence-corrected chi connectivity index (χ3v) is 7.17. The molecule has 0 spiro atoms. The number of benzene rings is 1. The Balaban J connectivity index is 1.61. The Morgan fingerprint density at radius 2 is 1.52 bits per heavy atom. The number of aryl methyl sites for hydroxylation is 1. The van der Waals surface area contributed by atoms with Crippen molar-refractivity contribution < 1.29 is 13.2 Å². The minimum absolute atomic E-state index is 0.173. The smallest absolute Gasteiger partial charge is 0.243 e. The molecule has 2 heterocycles. The zero-order valence-corrected chi connectivity index (χ0v) is 15.8. The van der Waals surface area contributed by atoms with Crippen LogP contribution in [0.5, 0.6) is 0 Å². The Labute approximate surface area is 150 Å². The largest absolute Gasteiger partial charge is 0.341 e. The van der Waals surface area contributed by atoms with Crippen molar-refractivity contribution in [1.29, 1.82) is 0 Å². The van der Waals surface area contributed by atoms with Crippen LogP contribution < -0.4 is 0 Å². The number of piperazine rings is 1. The molecule has 0 aromatic heterocycles. The molecule has 1 atom stereocenters. The second-order valence-corrected chi connectivity index (χ2v) is 8.90. The van der Waals surface area contributed by atoms with Crippen molar-refractivity contribution in [2.45, 2.75) is 37.6 Å². The summed E-state index contributed by atoms with van der Waals surface area (Å²) < 4.78 is 27.0. The summed E-state index contributed by atoms with van der Waals surface area (Å²) in [6.45, 7) is 7.61. The van der Waals surface area contributed by atoms with Crippen molar-refractivity contribution in [3.63, 3.8) is 0 Å². The molecule has 1 amide bonds. The van der Waals surface area contributed by atoms with E-state index in [9.17, 15) is 13.2 Å². The number of rotatable bonds is 4. The fourth-order valence-corrected chi connectivity index (χ4v) is 4.97. The van der Waals surface area contributed by atoms with E-state index in [0.717, 1.165) is 31.5 Å². The van der Waals surface area contributed by atoms with Crippen molar-refractivity contribution in [3.05, 3.63) is 29.8 Å². The van der Waals surface area contributed by atoms with Gasteiger partial charge in [-0.25, -0.2) is 8.42 Å². The van der Waals surface area contributed by atoms with Crippen molar-refractivity contribution in [2.24, 2.45) is 0 Å². The maximum atomic E-state index is 12.8. The van der Waals surface area contributed by atoms with E-state index in [-0.39, 0.29) is 11.9 Å². The Hall–Kier alpha value is -1.44. The highest BCUT2D eigenvalue weighted by atomic mass is 32.2. The lowest BCUT2D eigenvalue weighted by Crippen LogP contribution is -2.55. The Morgan fingerprint density at radius 1 is 0.960 bits per heavy atom. The molecule has 138 valence electrons. The topological polar surface area (TPSA) is 60.9 Å². The van der Waals surface area contributed by atoms with Gasteiger partial charge in [-0.3, -0.25) is 9.69 Å². The number of hydrogen-bond donors (Lipinski definition) is 0. The molecule has 2 fully saturated rings. The van der Waals surface area contributed by atoms with Crippen LogP contribution in [0.2, 0.25) is 0 Å².